The molecule has 5 nitrogen and oxygen atoms in total. The first-order chi connectivity index (χ1) is 13.4. The highest BCUT2D eigenvalue weighted by Crippen LogP contribution is 2.18. The summed E-state index contributed by atoms with van der Waals surface area (Å²) in [7, 11) is 1.80. The number of hydrogen-bond donors (Lipinski definition) is 0. The maximum Gasteiger partial charge on any atom is 0.227 e. The minimum atomic E-state index is 0.0549. The minimum Gasteiger partial charge on any atom is -0.489 e. The fraction of sp³-hybridized carbons (Fsp3) is 0.273. The van der Waals surface area contributed by atoms with Crippen molar-refractivity contribution in [1.29, 1.82) is 0 Å². The number of amides is 1. The van der Waals surface area contributed by atoms with Gasteiger partial charge in [-0.1, -0.05) is 41.0 Å². The lowest BCUT2D eigenvalue weighted by Crippen LogP contribution is -2.27. The molecule has 0 unspecified atom stereocenters. The number of carbonyl (C=O) groups excluding carboxylic acids is 1. The fourth-order valence-corrected chi connectivity index (χ4v) is 2.95. The molecule has 3 rings (SSSR count). The van der Waals surface area contributed by atoms with E-state index in [0.29, 0.717) is 24.6 Å². The zero-order chi connectivity index (χ0) is 20.1. The molecule has 0 N–H and O–H groups in total. The Kier molecular flexibility index (Phi) is 6.37. The van der Waals surface area contributed by atoms with Crippen molar-refractivity contribution in [3.8, 4) is 5.75 Å². The summed E-state index contributed by atoms with van der Waals surface area (Å²) in [5, 5.41) is 4.61. The second kappa shape index (κ2) is 8.93. The van der Waals surface area contributed by atoms with Crippen LogP contribution in [-0.2, 0) is 24.4 Å². The molecule has 1 aromatic heterocycles. The Labute approximate surface area is 169 Å². The summed E-state index contributed by atoms with van der Waals surface area (Å²) in [6.45, 7) is 4.72. The van der Waals surface area contributed by atoms with Gasteiger partial charge in [0.05, 0.1) is 17.7 Å². The number of benzene rings is 2. The van der Waals surface area contributed by atoms with E-state index in [9.17, 15) is 4.79 Å². The summed E-state index contributed by atoms with van der Waals surface area (Å²) in [5.74, 6) is 1.56. The summed E-state index contributed by atoms with van der Waals surface area (Å²) >= 11 is 5.90. The molecule has 3 aromatic rings. The van der Waals surface area contributed by atoms with Gasteiger partial charge >= 0.3 is 0 Å². The van der Waals surface area contributed by atoms with E-state index in [4.69, 9.17) is 20.9 Å². The number of nitrogens with zero attached hydrogens (tertiary/aromatic N) is 2. The van der Waals surface area contributed by atoms with Crippen molar-refractivity contribution in [1.82, 2.24) is 10.1 Å². The molecule has 0 saturated heterocycles. The van der Waals surface area contributed by atoms with Crippen molar-refractivity contribution >= 4 is 17.5 Å². The van der Waals surface area contributed by atoms with E-state index in [0.717, 1.165) is 33.9 Å². The number of aryl methyl sites for hydroxylation is 2. The maximum absolute atomic E-state index is 12.5. The standard InChI is InChI=1S/C22H23ClN2O3/c1-15-21(16(2)28-24-15)14-27-20-10-6-17(7-11-20)12-22(26)25(3)13-18-4-8-19(23)9-5-18/h4-11H,12-14H2,1-3H3. The van der Waals surface area contributed by atoms with E-state index in [1.54, 1.807) is 11.9 Å². The lowest BCUT2D eigenvalue weighted by molar-refractivity contribution is -0.129. The van der Waals surface area contributed by atoms with Crippen molar-refractivity contribution < 1.29 is 14.1 Å². The first-order valence-corrected chi connectivity index (χ1v) is 9.42. The highest BCUT2D eigenvalue weighted by Gasteiger charge is 2.12. The van der Waals surface area contributed by atoms with Crippen molar-refractivity contribution in [2.24, 2.45) is 0 Å². The van der Waals surface area contributed by atoms with E-state index < -0.39 is 0 Å². The molecule has 0 aliphatic rings. The summed E-state index contributed by atoms with van der Waals surface area (Å²) in [6, 6.07) is 15.1. The van der Waals surface area contributed by atoms with Crippen molar-refractivity contribution in [3.63, 3.8) is 0 Å². The van der Waals surface area contributed by atoms with Gasteiger partial charge in [-0.3, -0.25) is 4.79 Å². The number of ether oxygens (including phenoxy) is 1. The molecule has 1 heterocycles. The van der Waals surface area contributed by atoms with Gasteiger partial charge in [-0.2, -0.15) is 0 Å². The fourth-order valence-electron chi connectivity index (χ4n) is 2.83. The van der Waals surface area contributed by atoms with Gasteiger partial charge < -0.3 is 14.2 Å². The van der Waals surface area contributed by atoms with Crippen LogP contribution in [0.5, 0.6) is 5.75 Å². The van der Waals surface area contributed by atoms with Gasteiger partial charge in [-0.15, -0.1) is 0 Å². The van der Waals surface area contributed by atoms with E-state index in [1.807, 2.05) is 62.4 Å². The number of hydrogen-bond acceptors (Lipinski definition) is 4. The van der Waals surface area contributed by atoms with Gasteiger partial charge in [0.1, 0.15) is 18.1 Å². The highest BCUT2D eigenvalue weighted by molar-refractivity contribution is 6.30. The third-order valence-electron chi connectivity index (χ3n) is 4.60. The second-order valence-corrected chi connectivity index (χ2v) is 7.22. The average Bonchev–Trinajstić information content (AvgIpc) is 3.00. The Morgan fingerprint density at radius 3 is 2.32 bits per heavy atom. The van der Waals surface area contributed by atoms with Crippen molar-refractivity contribution in [2.75, 3.05) is 7.05 Å². The zero-order valence-corrected chi connectivity index (χ0v) is 17.0. The Morgan fingerprint density at radius 1 is 1.07 bits per heavy atom. The molecular formula is C22H23ClN2O3. The van der Waals surface area contributed by atoms with Crippen LogP contribution in [0.15, 0.2) is 53.1 Å². The van der Waals surface area contributed by atoms with Crippen LogP contribution in [-0.4, -0.2) is 23.0 Å². The number of carbonyl (C=O) groups is 1. The molecule has 0 atom stereocenters. The Balaban J connectivity index is 1.53. The van der Waals surface area contributed by atoms with Crippen LogP contribution < -0.4 is 4.74 Å². The molecule has 0 spiro atoms. The number of aromatic nitrogens is 1. The van der Waals surface area contributed by atoms with Crippen LogP contribution in [0.25, 0.3) is 0 Å². The van der Waals surface area contributed by atoms with Crippen LogP contribution in [0.4, 0.5) is 0 Å². The molecule has 0 radical (unpaired) electrons. The average molecular weight is 399 g/mol. The summed E-state index contributed by atoms with van der Waals surface area (Å²) in [6.07, 6.45) is 0.342. The van der Waals surface area contributed by atoms with Gasteiger partial charge in [0.2, 0.25) is 5.91 Å². The van der Waals surface area contributed by atoms with Crippen molar-refractivity contribution in [2.45, 2.75) is 33.4 Å². The van der Waals surface area contributed by atoms with Gasteiger partial charge in [-0.25, -0.2) is 0 Å². The van der Waals surface area contributed by atoms with Gasteiger partial charge in [-0.05, 0) is 49.2 Å². The van der Waals surface area contributed by atoms with Gasteiger partial charge in [0, 0.05) is 18.6 Å². The lowest BCUT2D eigenvalue weighted by Gasteiger charge is -2.17. The predicted octanol–water partition coefficient (Wildman–Crippen LogP) is 4.72. The van der Waals surface area contributed by atoms with Crippen LogP contribution in [0.2, 0.25) is 5.02 Å². The quantitative estimate of drug-likeness (QED) is 0.577. The first-order valence-electron chi connectivity index (χ1n) is 9.04. The first kappa shape index (κ1) is 20.0. The third-order valence-corrected chi connectivity index (χ3v) is 4.85. The normalized spacial score (nSPS) is 10.7. The number of halogens is 1. The highest BCUT2D eigenvalue weighted by atomic mass is 35.5. The monoisotopic (exact) mass is 398 g/mol. The molecule has 6 heteroatoms. The minimum absolute atomic E-state index is 0.0549. The maximum atomic E-state index is 12.5. The largest absolute Gasteiger partial charge is 0.489 e. The van der Waals surface area contributed by atoms with E-state index >= 15 is 0 Å². The summed E-state index contributed by atoms with van der Waals surface area (Å²) in [4.78, 5) is 14.2. The Hall–Kier alpha value is -2.79. The summed E-state index contributed by atoms with van der Waals surface area (Å²) in [5.41, 5.74) is 3.78. The molecule has 28 heavy (non-hydrogen) atoms. The van der Waals surface area contributed by atoms with E-state index in [-0.39, 0.29) is 5.91 Å². The van der Waals surface area contributed by atoms with Crippen LogP contribution in [0.3, 0.4) is 0 Å². The molecule has 0 fully saturated rings. The van der Waals surface area contributed by atoms with Crippen molar-refractivity contribution in [3.05, 3.63) is 81.7 Å². The molecule has 0 bridgehead atoms. The Bertz CT molecular complexity index is 914. The molecule has 1 amide bonds. The predicted molar refractivity (Wildman–Crippen MR) is 108 cm³/mol. The molecule has 0 aliphatic heterocycles. The van der Waals surface area contributed by atoms with Crippen LogP contribution in [0, 0.1) is 13.8 Å². The molecule has 0 aliphatic carbocycles. The molecule has 146 valence electrons. The second-order valence-electron chi connectivity index (χ2n) is 6.79. The van der Waals surface area contributed by atoms with Gasteiger partial charge in [0.15, 0.2) is 0 Å². The SMILES string of the molecule is Cc1noc(C)c1COc1ccc(CC(=O)N(C)Cc2ccc(Cl)cc2)cc1. The third kappa shape index (κ3) is 5.14. The Morgan fingerprint density at radius 2 is 1.71 bits per heavy atom. The van der Waals surface area contributed by atoms with E-state index in [2.05, 4.69) is 5.16 Å². The smallest absolute Gasteiger partial charge is 0.227 e. The van der Waals surface area contributed by atoms with E-state index in [1.165, 1.54) is 0 Å². The molecule has 0 saturated carbocycles. The zero-order valence-electron chi connectivity index (χ0n) is 16.2. The number of likely N-dealkylation sites (N-methyl/N-ethyl adjacent to an activating group) is 1. The molecule has 2 aromatic carbocycles. The van der Waals surface area contributed by atoms with Crippen LogP contribution in [0.1, 0.15) is 28.1 Å². The topological polar surface area (TPSA) is 55.6 Å². The van der Waals surface area contributed by atoms with Gasteiger partial charge in [0.25, 0.3) is 0 Å². The molecular weight excluding hydrogens is 376 g/mol. The lowest BCUT2D eigenvalue weighted by atomic mass is 10.1. The van der Waals surface area contributed by atoms with Crippen LogP contribution >= 0.6 is 11.6 Å². The number of rotatable bonds is 7. The summed E-state index contributed by atoms with van der Waals surface area (Å²) < 4.78 is 10.9.